The summed E-state index contributed by atoms with van der Waals surface area (Å²) in [6.07, 6.45) is 5.07. The number of rotatable bonds is 20. The van der Waals surface area contributed by atoms with Crippen LogP contribution in [0.2, 0.25) is 0 Å². The molecule has 0 aromatic heterocycles. The van der Waals surface area contributed by atoms with Crippen LogP contribution >= 0.6 is 0 Å². The first kappa shape index (κ1) is 31.8. The highest BCUT2D eigenvalue weighted by Gasteiger charge is 2.38. The molecule has 3 rings (SSSR count). The third-order valence-electron chi connectivity index (χ3n) is 6.28. The summed E-state index contributed by atoms with van der Waals surface area (Å²) >= 11 is 0. The number of benzene rings is 3. The fraction of sp³-hybridized carbons (Fsp3) is 0.364. The van der Waals surface area contributed by atoms with Crippen molar-refractivity contribution >= 4 is 6.29 Å². The van der Waals surface area contributed by atoms with Crippen molar-refractivity contribution in [1.82, 2.24) is 0 Å². The van der Waals surface area contributed by atoms with Gasteiger partial charge in [-0.25, -0.2) is 0 Å². The van der Waals surface area contributed by atoms with Crippen LogP contribution in [0.4, 0.5) is 0 Å². The van der Waals surface area contributed by atoms with Crippen LogP contribution in [0.3, 0.4) is 0 Å². The van der Waals surface area contributed by atoms with Crippen molar-refractivity contribution in [3.8, 4) is 23.8 Å². The Balaban J connectivity index is 1.70. The minimum Gasteiger partial charge on any atom is -0.497 e. The van der Waals surface area contributed by atoms with Crippen LogP contribution in [-0.4, -0.2) is 79.5 Å². The third kappa shape index (κ3) is 9.42. The Hall–Kier alpha value is -3.71. The number of methoxy groups -OCH3 is 2. The maximum Gasteiger partial charge on any atom is 0.151 e. The molecule has 0 fully saturated rings. The fourth-order valence-electron chi connectivity index (χ4n) is 4.24. The quantitative estimate of drug-likeness (QED) is 0.0874. The molecule has 0 N–H and O–H groups in total. The van der Waals surface area contributed by atoms with Crippen molar-refractivity contribution < 1.29 is 38.0 Å². The molecule has 0 aliphatic carbocycles. The molecular weight excluding hydrogens is 524 g/mol. The average molecular weight is 563 g/mol. The summed E-state index contributed by atoms with van der Waals surface area (Å²) in [4.78, 5) is 12.0. The predicted octanol–water partition coefficient (Wildman–Crippen LogP) is 4.28. The van der Waals surface area contributed by atoms with Gasteiger partial charge in [0.2, 0.25) is 0 Å². The van der Waals surface area contributed by atoms with E-state index in [2.05, 4.69) is 5.92 Å². The number of carbonyl (C=O) groups is 1. The Bertz CT molecular complexity index is 1130. The lowest BCUT2D eigenvalue weighted by Gasteiger charge is -2.36. The van der Waals surface area contributed by atoms with Gasteiger partial charge in [-0.15, -0.1) is 6.42 Å². The molecule has 0 heterocycles. The Labute approximate surface area is 242 Å². The lowest BCUT2D eigenvalue weighted by molar-refractivity contribution is -0.128. The van der Waals surface area contributed by atoms with Gasteiger partial charge in [-0.3, -0.25) is 0 Å². The topological polar surface area (TPSA) is 81.7 Å². The molecular formula is C33H38O8. The Morgan fingerprint density at radius 1 is 0.707 bits per heavy atom. The molecule has 0 spiro atoms. The molecule has 3 aromatic rings. The highest BCUT2D eigenvalue weighted by Crippen LogP contribution is 2.41. The normalized spacial score (nSPS) is 11.9. The van der Waals surface area contributed by atoms with Crippen LogP contribution < -0.4 is 9.47 Å². The average Bonchev–Trinajstić information content (AvgIpc) is 3.03. The van der Waals surface area contributed by atoms with Crippen LogP contribution in [0.25, 0.3) is 0 Å². The maximum absolute atomic E-state index is 12.0. The molecule has 218 valence electrons. The molecule has 1 atom stereocenters. The molecule has 0 saturated heterocycles. The van der Waals surface area contributed by atoms with E-state index in [1.165, 1.54) is 0 Å². The predicted molar refractivity (Wildman–Crippen MR) is 155 cm³/mol. The van der Waals surface area contributed by atoms with Crippen LogP contribution in [0.5, 0.6) is 11.5 Å². The minimum atomic E-state index is -1.04. The van der Waals surface area contributed by atoms with E-state index in [9.17, 15) is 4.79 Å². The van der Waals surface area contributed by atoms with Gasteiger partial charge in [0, 0.05) is 0 Å². The molecule has 0 saturated carbocycles. The van der Waals surface area contributed by atoms with E-state index in [1.807, 2.05) is 78.9 Å². The number of terminal acetylenes is 1. The first-order chi connectivity index (χ1) is 20.2. The van der Waals surface area contributed by atoms with Gasteiger partial charge in [0.05, 0.1) is 60.5 Å². The van der Waals surface area contributed by atoms with Gasteiger partial charge >= 0.3 is 0 Å². The van der Waals surface area contributed by atoms with Gasteiger partial charge in [-0.1, -0.05) is 60.5 Å². The lowest BCUT2D eigenvalue weighted by atomic mass is 9.80. The van der Waals surface area contributed by atoms with Crippen molar-refractivity contribution in [3.05, 3.63) is 95.6 Å². The van der Waals surface area contributed by atoms with Gasteiger partial charge < -0.3 is 38.0 Å². The van der Waals surface area contributed by atoms with Crippen LogP contribution in [0.15, 0.2) is 78.9 Å². The summed E-state index contributed by atoms with van der Waals surface area (Å²) in [6.45, 7) is 2.51. The highest BCUT2D eigenvalue weighted by molar-refractivity contribution is 5.56. The van der Waals surface area contributed by atoms with Gasteiger partial charge in [-0.05, 0) is 41.0 Å². The SMILES string of the molecule is C#CCOCCOCCOCCOC(C=O)COC(c1ccccc1)(c1ccc(OC)cc1)c1ccc(OC)cc1. The number of aldehydes is 1. The second kappa shape index (κ2) is 17.9. The fourth-order valence-corrected chi connectivity index (χ4v) is 4.24. The van der Waals surface area contributed by atoms with Crippen molar-refractivity contribution in [2.75, 3.05) is 67.1 Å². The Morgan fingerprint density at radius 2 is 1.20 bits per heavy atom. The van der Waals surface area contributed by atoms with E-state index < -0.39 is 11.7 Å². The Morgan fingerprint density at radius 3 is 1.68 bits per heavy atom. The van der Waals surface area contributed by atoms with E-state index in [0.717, 1.165) is 34.5 Å². The van der Waals surface area contributed by atoms with Gasteiger partial charge in [0.25, 0.3) is 0 Å². The first-order valence-corrected chi connectivity index (χ1v) is 13.4. The smallest absolute Gasteiger partial charge is 0.151 e. The van der Waals surface area contributed by atoms with Crippen LogP contribution in [0, 0.1) is 12.3 Å². The minimum absolute atomic E-state index is 0.0111. The molecule has 0 bridgehead atoms. The van der Waals surface area contributed by atoms with Crippen molar-refractivity contribution in [3.63, 3.8) is 0 Å². The first-order valence-electron chi connectivity index (χ1n) is 13.4. The molecule has 0 aliphatic rings. The summed E-state index contributed by atoms with van der Waals surface area (Å²) in [6, 6.07) is 25.3. The van der Waals surface area contributed by atoms with E-state index in [-0.39, 0.29) is 19.8 Å². The molecule has 8 nitrogen and oxygen atoms in total. The zero-order chi connectivity index (χ0) is 29.2. The zero-order valence-electron chi connectivity index (χ0n) is 23.7. The highest BCUT2D eigenvalue weighted by atomic mass is 16.6. The van der Waals surface area contributed by atoms with Crippen molar-refractivity contribution in [2.45, 2.75) is 11.7 Å². The van der Waals surface area contributed by atoms with Gasteiger partial charge in [-0.2, -0.15) is 0 Å². The molecule has 41 heavy (non-hydrogen) atoms. The number of hydrogen-bond donors (Lipinski definition) is 0. The van der Waals surface area contributed by atoms with E-state index in [0.29, 0.717) is 33.0 Å². The second-order valence-corrected chi connectivity index (χ2v) is 8.84. The molecule has 0 radical (unpaired) electrons. The summed E-state index contributed by atoms with van der Waals surface area (Å²) in [5.74, 6) is 3.85. The molecule has 0 amide bonds. The number of carbonyl (C=O) groups excluding carboxylic acids is 1. The second-order valence-electron chi connectivity index (χ2n) is 8.84. The van der Waals surface area contributed by atoms with E-state index in [4.69, 9.17) is 39.6 Å². The summed E-state index contributed by atoms with van der Waals surface area (Å²) < 4.78 is 39.4. The number of hydrogen-bond acceptors (Lipinski definition) is 8. The maximum atomic E-state index is 12.0. The summed E-state index contributed by atoms with van der Waals surface area (Å²) in [5.41, 5.74) is 1.59. The number of ether oxygens (including phenoxy) is 7. The zero-order valence-corrected chi connectivity index (χ0v) is 23.7. The van der Waals surface area contributed by atoms with Crippen LogP contribution in [0.1, 0.15) is 16.7 Å². The van der Waals surface area contributed by atoms with Crippen molar-refractivity contribution in [2.24, 2.45) is 0 Å². The van der Waals surface area contributed by atoms with E-state index in [1.54, 1.807) is 14.2 Å². The molecule has 0 aliphatic heterocycles. The lowest BCUT2D eigenvalue weighted by Crippen LogP contribution is -2.37. The largest absolute Gasteiger partial charge is 0.497 e. The van der Waals surface area contributed by atoms with E-state index >= 15 is 0 Å². The molecule has 1 unspecified atom stereocenters. The van der Waals surface area contributed by atoms with Gasteiger partial charge in [0.1, 0.15) is 29.8 Å². The molecule has 3 aromatic carbocycles. The molecule has 8 heteroatoms. The van der Waals surface area contributed by atoms with Gasteiger partial charge in [0.15, 0.2) is 6.29 Å². The summed E-state index contributed by atoms with van der Waals surface area (Å²) in [7, 11) is 3.25. The van der Waals surface area contributed by atoms with Crippen LogP contribution in [-0.2, 0) is 34.1 Å². The monoisotopic (exact) mass is 562 g/mol. The summed E-state index contributed by atoms with van der Waals surface area (Å²) in [5, 5.41) is 0. The Kier molecular flexibility index (Phi) is 13.9. The standard InChI is InChI=1S/C33H38O8/c1-4-18-37-19-20-38-21-22-39-23-24-40-32(25-34)26-41-33(27-8-6-5-7-9-27,28-10-14-30(35-2)15-11-28)29-12-16-31(36-3)17-13-29/h1,5-17,25,32H,18-24,26H2,2-3H3. The van der Waals surface area contributed by atoms with Crippen molar-refractivity contribution in [1.29, 1.82) is 0 Å². The third-order valence-corrected chi connectivity index (χ3v) is 6.28.